The van der Waals surface area contributed by atoms with E-state index < -0.39 is 6.10 Å². The molecule has 0 radical (unpaired) electrons. The zero-order chi connectivity index (χ0) is 18.0. The molecule has 2 amide bonds. The number of ether oxygens (including phenoxy) is 1. The molecule has 2 heterocycles. The lowest BCUT2D eigenvalue weighted by Crippen LogP contribution is -2.47. The van der Waals surface area contributed by atoms with Crippen LogP contribution in [-0.4, -0.2) is 34.0 Å². The average Bonchev–Trinajstić information content (AvgIpc) is 2.98. The molecule has 1 atom stereocenters. The molecule has 0 aliphatic carbocycles. The first kappa shape index (κ1) is 17.0. The Hall–Kier alpha value is -2.83. The van der Waals surface area contributed by atoms with Crippen molar-refractivity contribution in [1.29, 1.82) is 0 Å². The highest BCUT2D eigenvalue weighted by molar-refractivity contribution is 6.05. The lowest BCUT2D eigenvalue weighted by molar-refractivity contribution is -0.127. The van der Waals surface area contributed by atoms with Crippen LogP contribution in [0.1, 0.15) is 20.8 Å². The quantitative estimate of drug-likeness (QED) is 0.904. The first-order valence-corrected chi connectivity index (χ1v) is 8.33. The van der Waals surface area contributed by atoms with Crippen LogP contribution in [0.5, 0.6) is 5.75 Å². The first-order valence-electron chi connectivity index (χ1n) is 8.33. The largest absolute Gasteiger partial charge is 0.479 e. The Balaban J connectivity index is 1.75. The Labute approximate surface area is 146 Å². The third-order valence-corrected chi connectivity index (χ3v) is 3.90. The molecule has 1 aromatic carbocycles. The number of imidazole rings is 1. The van der Waals surface area contributed by atoms with Gasteiger partial charge >= 0.3 is 0 Å². The fourth-order valence-corrected chi connectivity index (χ4v) is 2.80. The minimum Gasteiger partial charge on any atom is -0.479 e. The minimum atomic E-state index is -0.620. The Morgan fingerprint density at radius 3 is 2.88 bits per heavy atom. The van der Waals surface area contributed by atoms with Gasteiger partial charge in [0.25, 0.3) is 5.91 Å². The van der Waals surface area contributed by atoms with Crippen LogP contribution >= 0.6 is 0 Å². The molecule has 7 heteroatoms. The van der Waals surface area contributed by atoms with E-state index in [9.17, 15) is 9.59 Å². The van der Waals surface area contributed by atoms with Crippen molar-refractivity contribution in [3.05, 3.63) is 36.7 Å². The van der Waals surface area contributed by atoms with E-state index in [2.05, 4.69) is 24.1 Å². The van der Waals surface area contributed by atoms with Crippen LogP contribution in [-0.2, 0) is 16.1 Å². The number of anilines is 2. The Morgan fingerprint density at radius 1 is 1.36 bits per heavy atom. The van der Waals surface area contributed by atoms with Gasteiger partial charge in [0.1, 0.15) is 12.3 Å². The number of hydrogen-bond donors (Lipinski definition) is 1. The topological polar surface area (TPSA) is 76.5 Å². The number of amides is 2. The third-order valence-electron chi connectivity index (χ3n) is 3.90. The molecule has 0 bridgehead atoms. The summed E-state index contributed by atoms with van der Waals surface area (Å²) < 4.78 is 7.47. The molecule has 1 aliphatic heterocycles. The van der Waals surface area contributed by atoms with E-state index in [-0.39, 0.29) is 18.4 Å². The van der Waals surface area contributed by atoms with E-state index in [1.807, 2.05) is 22.9 Å². The molecule has 0 saturated heterocycles. The van der Waals surface area contributed by atoms with Gasteiger partial charge in [-0.15, -0.1) is 0 Å². The van der Waals surface area contributed by atoms with E-state index in [1.54, 1.807) is 25.3 Å². The van der Waals surface area contributed by atoms with Gasteiger partial charge in [0.05, 0.1) is 5.69 Å². The molecule has 25 heavy (non-hydrogen) atoms. The number of para-hydroxylation sites is 2. The van der Waals surface area contributed by atoms with E-state index in [0.29, 0.717) is 23.3 Å². The standard InChI is InChI=1S/C18H22N4O3/c1-12(2)10-21-9-8-19-18(21)20-16(23)11-22-14-6-4-5-7-15(14)25-13(3)17(22)24/h4-9,12-13H,10-11H2,1-3H3,(H,19,20,23)/t13-/m0/s1. The summed E-state index contributed by atoms with van der Waals surface area (Å²) in [5.74, 6) is 0.982. The van der Waals surface area contributed by atoms with Crippen molar-refractivity contribution in [3.63, 3.8) is 0 Å². The van der Waals surface area contributed by atoms with Crippen LogP contribution in [0.4, 0.5) is 11.6 Å². The number of fused-ring (bicyclic) bond motifs is 1. The van der Waals surface area contributed by atoms with Crippen LogP contribution in [0, 0.1) is 5.92 Å². The molecule has 0 unspecified atom stereocenters. The third kappa shape index (κ3) is 3.65. The summed E-state index contributed by atoms with van der Waals surface area (Å²) in [5.41, 5.74) is 0.603. The monoisotopic (exact) mass is 342 g/mol. The molecule has 1 aromatic heterocycles. The van der Waals surface area contributed by atoms with Gasteiger partial charge in [0, 0.05) is 18.9 Å². The number of benzene rings is 1. The summed E-state index contributed by atoms with van der Waals surface area (Å²) in [7, 11) is 0. The molecule has 0 saturated carbocycles. The second kappa shape index (κ2) is 6.96. The fourth-order valence-electron chi connectivity index (χ4n) is 2.80. The van der Waals surface area contributed by atoms with Crippen LogP contribution < -0.4 is 15.0 Å². The molecular weight excluding hydrogens is 320 g/mol. The number of hydrogen-bond acceptors (Lipinski definition) is 4. The molecule has 0 fully saturated rings. The maximum atomic E-state index is 12.5. The number of carbonyl (C=O) groups excluding carboxylic acids is 2. The number of carbonyl (C=O) groups is 2. The molecule has 132 valence electrons. The summed E-state index contributed by atoms with van der Waals surface area (Å²) in [5, 5.41) is 2.79. The van der Waals surface area contributed by atoms with Crippen LogP contribution in [0.15, 0.2) is 36.7 Å². The van der Waals surface area contributed by atoms with Crippen molar-refractivity contribution < 1.29 is 14.3 Å². The molecule has 0 spiro atoms. The van der Waals surface area contributed by atoms with E-state index in [0.717, 1.165) is 6.54 Å². The second-order valence-corrected chi connectivity index (χ2v) is 6.50. The van der Waals surface area contributed by atoms with Crippen molar-refractivity contribution in [1.82, 2.24) is 9.55 Å². The maximum Gasteiger partial charge on any atom is 0.268 e. The predicted octanol–water partition coefficient (Wildman–Crippen LogP) is 2.29. The molecule has 1 N–H and O–H groups in total. The summed E-state index contributed by atoms with van der Waals surface area (Å²) in [6, 6.07) is 7.21. The zero-order valence-electron chi connectivity index (χ0n) is 14.6. The highest BCUT2D eigenvalue weighted by Gasteiger charge is 2.32. The Kier molecular flexibility index (Phi) is 4.74. The SMILES string of the molecule is CC(C)Cn1ccnc1NC(=O)CN1C(=O)[C@H](C)Oc2ccccc21. The smallest absolute Gasteiger partial charge is 0.268 e. The lowest BCUT2D eigenvalue weighted by Gasteiger charge is -2.32. The fraction of sp³-hybridized carbons (Fsp3) is 0.389. The summed E-state index contributed by atoms with van der Waals surface area (Å²) >= 11 is 0. The maximum absolute atomic E-state index is 12.5. The van der Waals surface area contributed by atoms with Crippen molar-refractivity contribution in [2.24, 2.45) is 5.92 Å². The highest BCUT2D eigenvalue weighted by atomic mass is 16.5. The Bertz CT molecular complexity index is 784. The molecule has 7 nitrogen and oxygen atoms in total. The van der Waals surface area contributed by atoms with Crippen molar-refractivity contribution in [2.75, 3.05) is 16.8 Å². The van der Waals surface area contributed by atoms with Gasteiger partial charge in [-0.05, 0) is 25.0 Å². The van der Waals surface area contributed by atoms with E-state index >= 15 is 0 Å². The second-order valence-electron chi connectivity index (χ2n) is 6.50. The van der Waals surface area contributed by atoms with Gasteiger partial charge in [0.15, 0.2) is 6.10 Å². The van der Waals surface area contributed by atoms with Crippen molar-refractivity contribution in [3.8, 4) is 5.75 Å². The van der Waals surface area contributed by atoms with Gasteiger partial charge in [0.2, 0.25) is 11.9 Å². The van der Waals surface area contributed by atoms with Crippen molar-refractivity contribution in [2.45, 2.75) is 33.4 Å². The number of aromatic nitrogens is 2. The number of nitrogens with zero attached hydrogens (tertiary/aromatic N) is 3. The van der Waals surface area contributed by atoms with E-state index in [1.165, 1.54) is 4.90 Å². The van der Waals surface area contributed by atoms with Crippen molar-refractivity contribution >= 4 is 23.5 Å². The number of nitrogens with one attached hydrogen (secondary N) is 1. The summed E-state index contributed by atoms with van der Waals surface area (Å²) in [6.07, 6.45) is 2.85. The molecule has 3 rings (SSSR count). The zero-order valence-corrected chi connectivity index (χ0v) is 14.6. The van der Waals surface area contributed by atoms with Gasteiger partial charge < -0.3 is 9.30 Å². The number of rotatable bonds is 5. The summed E-state index contributed by atoms with van der Waals surface area (Å²) in [6.45, 7) is 6.54. The lowest BCUT2D eigenvalue weighted by atomic mass is 10.2. The highest BCUT2D eigenvalue weighted by Crippen LogP contribution is 2.33. The van der Waals surface area contributed by atoms with Crippen LogP contribution in [0.2, 0.25) is 0 Å². The summed E-state index contributed by atoms with van der Waals surface area (Å²) in [4.78, 5) is 30.6. The normalized spacial score (nSPS) is 16.6. The van der Waals surface area contributed by atoms with Gasteiger partial charge in [-0.3, -0.25) is 19.8 Å². The van der Waals surface area contributed by atoms with Crippen LogP contribution in [0.3, 0.4) is 0 Å². The molecular formula is C18H22N4O3. The predicted molar refractivity (Wildman–Crippen MR) is 94.6 cm³/mol. The average molecular weight is 342 g/mol. The van der Waals surface area contributed by atoms with Gasteiger partial charge in [-0.25, -0.2) is 4.98 Å². The minimum absolute atomic E-state index is 0.0852. The van der Waals surface area contributed by atoms with Crippen LogP contribution in [0.25, 0.3) is 0 Å². The van der Waals surface area contributed by atoms with Gasteiger partial charge in [-0.1, -0.05) is 26.0 Å². The molecule has 1 aliphatic rings. The molecule has 2 aromatic rings. The Morgan fingerprint density at radius 2 is 2.12 bits per heavy atom. The van der Waals surface area contributed by atoms with Gasteiger partial charge in [-0.2, -0.15) is 0 Å². The first-order chi connectivity index (χ1) is 12.0. The van der Waals surface area contributed by atoms with E-state index in [4.69, 9.17) is 4.74 Å².